The number of aromatic nitrogens is 2. The molecule has 9 nitrogen and oxygen atoms in total. The standard InChI is InChI=1S/C24H30FN7O2.C2H6/c1-31-7-9-32(10-8-31)18-6-5-16(12-19(18)34-2)28-24-27-13-17(25)23(30-24)29-21-15-4-3-14(11-15)20(21)22(26)33;1-2/h3-6,12-15,20-21H,7-11H2,1-2H3,(H2,26,33)(H2,27,28,29,30);1-2H3. The highest BCUT2D eigenvalue weighted by atomic mass is 19.1. The number of piperazine rings is 1. The third-order valence-corrected chi connectivity index (χ3v) is 7.12. The number of primary amides is 1. The molecular formula is C26H36FN7O2. The summed E-state index contributed by atoms with van der Waals surface area (Å²) in [7, 11) is 3.77. The van der Waals surface area contributed by atoms with E-state index in [0.717, 1.165) is 55.9 Å². The molecule has 0 spiro atoms. The maximum absolute atomic E-state index is 14.6. The average Bonchev–Trinajstić information content (AvgIpc) is 3.50. The molecule has 1 saturated carbocycles. The van der Waals surface area contributed by atoms with Gasteiger partial charge in [0.1, 0.15) is 5.75 Å². The number of hydrogen-bond acceptors (Lipinski definition) is 8. The summed E-state index contributed by atoms with van der Waals surface area (Å²) in [6, 6.07) is 5.54. The monoisotopic (exact) mass is 497 g/mol. The van der Waals surface area contributed by atoms with Gasteiger partial charge in [0.05, 0.1) is 24.9 Å². The molecule has 4 atom stereocenters. The third-order valence-electron chi connectivity index (χ3n) is 7.12. The Morgan fingerprint density at radius 3 is 2.58 bits per heavy atom. The van der Waals surface area contributed by atoms with Crippen LogP contribution < -0.4 is 26.0 Å². The molecule has 3 aliphatic rings. The topological polar surface area (TPSA) is 109 Å². The van der Waals surface area contributed by atoms with Crippen molar-refractivity contribution in [3.8, 4) is 5.75 Å². The number of amides is 1. The number of likely N-dealkylation sites (N-methyl/N-ethyl adjacent to an activating group) is 1. The van der Waals surface area contributed by atoms with Crippen molar-refractivity contribution in [1.29, 1.82) is 0 Å². The van der Waals surface area contributed by atoms with Crippen LogP contribution in [0.15, 0.2) is 36.5 Å². The van der Waals surface area contributed by atoms with Gasteiger partial charge in [-0.1, -0.05) is 26.0 Å². The number of nitrogens with one attached hydrogen (secondary N) is 2. The average molecular weight is 498 g/mol. The van der Waals surface area contributed by atoms with Crippen molar-refractivity contribution in [3.63, 3.8) is 0 Å². The van der Waals surface area contributed by atoms with Gasteiger partial charge in [0.2, 0.25) is 11.9 Å². The predicted molar refractivity (Wildman–Crippen MR) is 140 cm³/mol. The summed E-state index contributed by atoms with van der Waals surface area (Å²) in [5.41, 5.74) is 7.39. The molecule has 1 aromatic carbocycles. The Balaban J connectivity index is 0.00000148. The smallest absolute Gasteiger partial charge is 0.229 e. The van der Waals surface area contributed by atoms with E-state index in [4.69, 9.17) is 10.5 Å². The number of methoxy groups -OCH3 is 1. The van der Waals surface area contributed by atoms with Crippen molar-refractivity contribution in [1.82, 2.24) is 14.9 Å². The number of rotatable bonds is 7. The van der Waals surface area contributed by atoms with E-state index in [2.05, 4.69) is 43.5 Å². The normalized spacial score (nSPS) is 24.8. The molecule has 0 radical (unpaired) electrons. The van der Waals surface area contributed by atoms with Gasteiger partial charge in [-0.25, -0.2) is 9.37 Å². The maximum Gasteiger partial charge on any atom is 0.229 e. The minimum atomic E-state index is -0.580. The Hall–Kier alpha value is -3.40. The molecule has 2 bridgehead atoms. The molecule has 2 aliphatic carbocycles. The Morgan fingerprint density at radius 1 is 1.17 bits per heavy atom. The highest BCUT2D eigenvalue weighted by Gasteiger charge is 2.47. The Kier molecular flexibility index (Phi) is 7.93. The SMILES string of the molecule is CC.COc1cc(Nc2ncc(F)c(NC3C4C=CC(C4)C3C(N)=O)n2)ccc1N1CCN(C)CC1. The Labute approximate surface area is 211 Å². The second-order valence-electron chi connectivity index (χ2n) is 9.24. The Morgan fingerprint density at radius 2 is 1.89 bits per heavy atom. The van der Waals surface area contributed by atoms with Gasteiger partial charge in [-0.2, -0.15) is 4.98 Å². The van der Waals surface area contributed by atoms with Gasteiger partial charge >= 0.3 is 0 Å². The molecule has 1 aromatic heterocycles. The van der Waals surface area contributed by atoms with Gasteiger partial charge in [0.25, 0.3) is 0 Å². The molecular weight excluding hydrogens is 461 g/mol. The van der Waals surface area contributed by atoms with Crippen LogP contribution in [0.3, 0.4) is 0 Å². The van der Waals surface area contributed by atoms with Crippen LogP contribution in [0.2, 0.25) is 0 Å². The van der Waals surface area contributed by atoms with E-state index >= 15 is 0 Å². The molecule has 4 unspecified atom stereocenters. The number of carbonyl (C=O) groups excluding carboxylic acids is 1. The zero-order valence-electron chi connectivity index (χ0n) is 21.4. The highest BCUT2D eigenvalue weighted by Crippen LogP contribution is 2.45. The fourth-order valence-corrected chi connectivity index (χ4v) is 5.29. The lowest BCUT2D eigenvalue weighted by Crippen LogP contribution is -2.44. The van der Waals surface area contributed by atoms with Gasteiger partial charge in [0, 0.05) is 44.0 Å². The number of ether oxygens (including phenoxy) is 1. The van der Waals surface area contributed by atoms with Crippen molar-refractivity contribution < 1.29 is 13.9 Å². The summed E-state index contributed by atoms with van der Waals surface area (Å²) >= 11 is 0. The molecule has 36 heavy (non-hydrogen) atoms. The van der Waals surface area contributed by atoms with Gasteiger partial charge in [0.15, 0.2) is 11.6 Å². The van der Waals surface area contributed by atoms with Crippen LogP contribution >= 0.6 is 0 Å². The van der Waals surface area contributed by atoms with Crippen LogP contribution in [-0.2, 0) is 4.79 Å². The maximum atomic E-state index is 14.6. The lowest BCUT2D eigenvalue weighted by Gasteiger charge is -2.34. The van der Waals surface area contributed by atoms with Crippen molar-refractivity contribution >= 4 is 29.0 Å². The van der Waals surface area contributed by atoms with Gasteiger partial charge in [-0.05, 0) is 37.4 Å². The first-order chi connectivity index (χ1) is 17.4. The van der Waals surface area contributed by atoms with E-state index in [-0.39, 0.29) is 41.5 Å². The zero-order chi connectivity index (χ0) is 25.8. The quantitative estimate of drug-likeness (QED) is 0.501. The zero-order valence-corrected chi connectivity index (χ0v) is 21.4. The molecule has 2 heterocycles. The third kappa shape index (κ3) is 5.23. The van der Waals surface area contributed by atoms with Crippen LogP contribution in [0.4, 0.5) is 27.5 Å². The summed E-state index contributed by atoms with van der Waals surface area (Å²) in [6.45, 7) is 7.86. The minimum absolute atomic E-state index is 0.0516. The first kappa shape index (κ1) is 25.7. The number of benzene rings is 1. The molecule has 4 N–H and O–H groups in total. The number of allylic oxidation sites excluding steroid dienone is 1. The summed E-state index contributed by atoms with van der Waals surface area (Å²) in [5, 5.41) is 6.26. The number of halogens is 1. The summed E-state index contributed by atoms with van der Waals surface area (Å²) in [6.07, 6.45) is 6.05. The number of nitrogens with zero attached hydrogens (tertiary/aromatic N) is 4. The van der Waals surface area contributed by atoms with Crippen LogP contribution in [0.5, 0.6) is 5.75 Å². The van der Waals surface area contributed by atoms with Crippen molar-refractivity contribution in [3.05, 3.63) is 42.4 Å². The van der Waals surface area contributed by atoms with E-state index in [1.165, 1.54) is 0 Å². The van der Waals surface area contributed by atoms with Crippen LogP contribution in [0.25, 0.3) is 0 Å². The fraction of sp³-hybridized carbons (Fsp3) is 0.500. The molecule has 5 rings (SSSR count). The van der Waals surface area contributed by atoms with E-state index in [1.54, 1.807) is 7.11 Å². The number of carbonyl (C=O) groups is 1. The molecule has 10 heteroatoms. The minimum Gasteiger partial charge on any atom is -0.495 e. The van der Waals surface area contributed by atoms with E-state index in [1.807, 2.05) is 38.1 Å². The van der Waals surface area contributed by atoms with E-state index < -0.39 is 5.82 Å². The molecule has 1 amide bonds. The fourth-order valence-electron chi connectivity index (χ4n) is 5.29. The molecule has 1 saturated heterocycles. The molecule has 2 fully saturated rings. The summed E-state index contributed by atoms with van der Waals surface area (Å²) < 4.78 is 20.2. The van der Waals surface area contributed by atoms with Crippen LogP contribution in [0.1, 0.15) is 20.3 Å². The first-order valence-electron chi connectivity index (χ1n) is 12.6. The molecule has 1 aliphatic heterocycles. The first-order valence-corrected chi connectivity index (χ1v) is 12.6. The molecule has 194 valence electrons. The van der Waals surface area contributed by atoms with Gasteiger partial charge in [-0.15, -0.1) is 0 Å². The second kappa shape index (κ2) is 11.1. The van der Waals surface area contributed by atoms with E-state index in [9.17, 15) is 9.18 Å². The van der Waals surface area contributed by atoms with Crippen molar-refractivity contribution in [2.24, 2.45) is 23.5 Å². The summed E-state index contributed by atoms with van der Waals surface area (Å²) in [4.78, 5) is 25.0. The van der Waals surface area contributed by atoms with Crippen molar-refractivity contribution in [2.45, 2.75) is 26.3 Å². The summed E-state index contributed by atoms with van der Waals surface area (Å²) in [5.74, 6) is -0.0878. The second-order valence-corrected chi connectivity index (χ2v) is 9.24. The lowest BCUT2D eigenvalue weighted by molar-refractivity contribution is -0.122. The Bertz CT molecular complexity index is 1100. The highest BCUT2D eigenvalue weighted by molar-refractivity contribution is 5.79. The van der Waals surface area contributed by atoms with Crippen LogP contribution in [0, 0.1) is 23.6 Å². The number of fused-ring (bicyclic) bond motifs is 2. The number of anilines is 4. The number of hydrogen-bond donors (Lipinski definition) is 3. The number of nitrogens with two attached hydrogens (primary N) is 1. The molecule has 2 aromatic rings. The predicted octanol–water partition coefficient (Wildman–Crippen LogP) is 3.23. The van der Waals surface area contributed by atoms with Gasteiger partial charge < -0.3 is 30.9 Å². The van der Waals surface area contributed by atoms with Crippen molar-refractivity contribution in [2.75, 3.05) is 55.9 Å². The lowest BCUT2D eigenvalue weighted by atomic mass is 9.88. The van der Waals surface area contributed by atoms with Crippen LogP contribution in [-0.4, -0.2) is 67.2 Å². The largest absolute Gasteiger partial charge is 0.495 e. The van der Waals surface area contributed by atoms with Gasteiger partial charge in [-0.3, -0.25) is 4.79 Å². The van der Waals surface area contributed by atoms with E-state index in [0.29, 0.717) is 0 Å².